The van der Waals surface area contributed by atoms with Crippen LogP contribution in [0.15, 0.2) is 53.4 Å². The lowest BCUT2D eigenvalue weighted by molar-refractivity contribution is -0.116. The van der Waals surface area contributed by atoms with Crippen LogP contribution in [0.25, 0.3) is 0 Å². The lowest BCUT2D eigenvalue weighted by Crippen LogP contribution is -2.35. The Morgan fingerprint density at radius 2 is 1.61 bits per heavy atom. The first-order valence-corrected chi connectivity index (χ1v) is 10.3. The second-order valence-corrected chi connectivity index (χ2v) is 8.80. The van der Waals surface area contributed by atoms with Gasteiger partial charge in [0.25, 0.3) is 0 Å². The number of likely N-dealkylation sites (N-methyl/N-ethyl adjacent to an activating group) is 1. The molecular weight excluding hydrogens is 378 g/mol. The summed E-state index contributed by atoms with van der Waals surface area (Å²) in [5, 5.41) is 5.36. The van der Waals surface area contributed by atoms with Crippen LogP contribution in [0.2, 0.25) is 0 Å². The largest absolute Gasteiger partial charge is 0.326 e. The molecule has 2 aromatic carbocycles. The summed E-state index contributed by atoms with van der Waals surface area (Å²) in [4.78, 5) is 23.5. The normalized spacial score (nSPS) is 11.5. The van der Waals surface area contributed by atoms with Crippen molar-refractivity contribution < 1.29 is 18.0 Å². The fourth-order valence-corrected chi connectivity index (χ4v) is 3.81. The molecule has 0 fully saturated rings. The number of benzene rings is 2. The van der Waals surface area contributed by atoms with E-state index in [1.54, 1.807) is 6.07 Å². The first-order valence-electron chi connectivity index (χ1n) is 8.84. The maximum Gasteiger partial charge on any atom is 0.243 e. The number of hydrogen-bond donors (Lipinski definition) is 2. The number of nitrogens with one attached hydrogen (secondary N) is 2. The second kappa shape index (κ2) is 8.99. The van der Waals surface area contributed by atoms with Gasteiger partial charge in [-0.3, -0.25) is 9.59 Å². The Balaban J connectivity index is 2.09. The zero-order chi connectivity index (χ0) is 20.9. The number of rotatable bonds is 7. The van der Waals surface area contributed by atoms with Crippen molar-refractivity contribution in [3.05, 3.63) is 54.1 Å². The Morgan fingerprint density at radius 1 is 1.00 bits per heavy atom. The van der Waals surface area contributed by atoms with Gasteiger partial charge < -0.3 is 10.6 Å². The van der Waals surface area contributed by atoms with Crippen LogP contribution in [0, 0.1) is 0 Å². The lowest BCUT2D eigenvalue weighted by Gasteiger charge is -2.18. The molecule has 28 heavy (non-hydrogen) atoms. The average molecular weight is 404 g/mol. The Morgan fingerprint density at radius 3 is 2.18 bits per heavy atom. The molecule has 2 N–H and O–H groups in total. The maximum atomic E-state index is 12.7. The molecule has 0 aliphatic carbocycles. The zero-order valence-electron chi connectivity index (χ0n) is 16.4. The van der Waals surface area contributed by atoms with Crippen molar-refractivity contribution >= 4 is 33.2 Å². The average Bonchev–Trinajstić information content (AvgIpc) is 2.61. The molecule has 0 heterocycles. The van der Waals surface area contributed by atoms with E-state index in [4.69, 9.17) is 0 Å². The van der Waals surface area contributed by atoms with Gasteiger partial charge in [-0.25, -0.2) is 8.42 Å². The van der Waals surface area contributed by atoms with Gasteiger partial charge in [0, 0.05) is 25.3 Å². The van der Waals surface area contributed by atoms with Crippen LogP contribution >= 0.6 is 0 Å². The highest BCUT2D eigenvalue weighted by atomic mass is 32.2. The van der Waals surface area contributed by atoms with Crippen LogP contribution in [0.5, 0.6) is 0 Å². The van der Waals surface area contributed by atoms with E-state index in [2.05, 4.69) is 10.6 Å². The Kier molecular flexibility index (Phi) is 6.93. The second-order valence-electron chi connectivity index (χ2n) is 6.76. The van der Waals surface area contributed by atoms with Crippen LogP contribution in [0.1, 0.15) is 32.3 Å². The van der Waals surface area contributed by atoms with Gasteiger partial charge in [-0.2, -0.15) is 4.31 Å². The summed E-state index contributed by atoms with van der Waals surface area (Å²) in [6.07, 6.45) is 0. The lowest BCUT2D eigenvalue weighted by atomic mass is 10.0. The summed E-state index contributed by atoms with van der Waals surface area (Å²) in [6.45, 7) is 5.09. The third-order valence-corrected chi connectivity index (χ3v) is 5.92. The summed E-state index contributed by atoms with van der Waals surface area (Å²) < 4.78 is 26.4. The molecule has 8 heteroatoms. The molecule has 0 unspecified atom stereocenters. The van der Waals surface area contributed by atoms with Gasteiger partial charge in [0.05, 0.1) is 11.4 Å². The maximum absolute atomic E-state index is 12.7. The zero-order valence-corrected chi connectivity index (χ0v) is 17.2. The predicted molar refractivity (Wildman–Crippen MR) is 110 cm³/mol. The molecule has 2 rings (SSSR count). The van der Waals surface area contributed by atoms with Gasteiger partial charge in [-0.1, -0.05) is 32.0 Å². The van der Waals surface area contributed by atoms with E-state index >= 15 is 0 Å². The van der Waals surface area contributed by atoms with E-state index in [0.29, 0.717) is 11.4 Å². The summed E-state index contributed by atoms with van der Waals surface area (Å²) >= 11 is 0. The fraction of sp³-hybridized carbons (Fsp3) is 0.300. The van der Waals surface area contributed by atoms with E-state index in [-0.39, 0.29) is 23.3 Å². The fourth-order valence-electron chi connectivity index (χ4n) is 2.68. The van der Waals surface area contributed by atoms with E-state index in [1.807, 2.05) is 32.0 Å². The number of nitrogens with zero attached hydrogens (tertiary/aromatic N) is 1. The molecule has 2 aromatic rings. The highest BCUT2D eigenvalue weighted by Gasteiger charge is 2.23. The molecule has 150 valence electrons. The molecule has 0 aromatic heterocycles. The monoisotopic (exact) mass is 403 g/mol. The highest BCUT2D eigenvalue weighted by molar-refractivity contribution is 7.89. The number of anilines is 2. The van der Waals surface area contributed by atoms with Gasteiger partial charge in [0.15, 0.2) is 0 Å². The number of carbonyl (C=O) groups excluding carboxylic acids is 2. The molecule has 0 bridgehead atoms. The number of sulfonamides is 1. The number of amides is 2. The van der Waals surface area contributed by atoms with Crippen molar-refractivity contribution in [2.45, 2.75) is 31.6 Å². The van der Waals surface area contributed by atoms with Crippen LogP contribution in [0.3, 0.4) is 0 Å². The minimum absolute atomic E-state index is 0.0412. The quantitative estimate of drug-likeness (QED) is 0.743. The molecular formula is C20H25N3O4S. The third-order valence-electron chi connectivity index (χ3n) is 4.11. The summed E-state index contributed by atoms with van der Waals surface area (Å²) in [5.41, 5.74) is 2.15. The van der Waals surface area contributed by atoms with Gasteiger partial charge >= 0.3 is 0 Å². The van der Waals surface area contributed by atoms with Crippen molar-refractivity contribution in [1.82, 2.24) is 4.31 Å². The SMILES string of the molecule is CC(=O)Nc1ccc(S(=O)(=O)N(C)CC(=O)Nc2ccccc2C(C)C)cc1. The van der Waals surface area contributed by atoms with Crippen molar-refractivity contribution in [1.29, 1.82) is 0 Å². The minimum atomic E-state index is -3.84. The van der Waals surface area contributed by atoms with Crippen molar-refractivity contribution in [3.8, 4) is 0 Å². The topological polar surface area (TPSA) is 95.6 Å². The highest BCUT2D eigenvalue weighted by Crippen LogP contribution is 2.24. The van der Waals surface area contributed by atoms with Gasteiger partial charge in [0.1, 0.15) is 0 Å². The smallest absolute Gasteiger partial charge is 0.243 e. The number of hydrogen-bond acceptors (Lipinski definition) is 4. The first-order chi connectivity index (χ1) is 13.1. The van der Waals surface area contributed by atoms with Crippen molar-refractivity contribution in [2.75, 3.05) is 24.2 Å². The predicted octanol–water partition coefficient (Wildman–Crippen LogP) is 3.03. The Hall–Kier alpha value is -2.71. The molecule has 0 radical (unpaired) electrons. The Labute approximate surface area is 165 Å². The third kappa shape index (κ3) is 5.40. The van der Waals surface area contributed by atoms with Crippen LogP contribution in [-0.4, -0.2) is 38.1 Å². The summed E-state index contributed by atoms with van der Waals surface area (Å²) in [5.74, 6) is -0.444. The molecule has 0 aliphatic heterocycles. The van der Waals surface area contributed by atoms with Crippen molar-refractivity contribution in [2.24, 2.45) is 0 Å². The van der Waals surface area contributed by atoms with Crippen LogP contribution in [0.4, 0.5) is 11.4 Å². The Bertz CT molecular complexity index is 954. The van der Waals surface area contributed by atoms with E-state index in [1.165, 1.54) is 38.2 Å². The van der Waals surface area contributed by atoms with Gasteiger partial charge in [-0.05, 0) is 41.8 Å². The van der Waals surface area contributed by atoms with E-state index in [9.17, 15) is 18.0 Å². The van der Waals surface area contributed by atoms with Crippen molar-refractivity contribution in [3.63, 3.8) is 0 Å². The van der Waals surface area contributed by atoms with Crippen LogP contribution < -0.4 is 10.6 Å². The summed E-state index contributed by atoms with van der Waals surface area (Å²) in [6, 6.07) is 13.2. The van der Waals surface area contributed by atoms with Gasteiger partial charge in [-0.15, -0.1) is 0 Å². The molecule has 2 amide bonds. The number of para-hydroxylation sites is 1. The summed E-state index contributed by atoms with van der Waals surface area (Å²) in [7, 11) is -2.49. The molecule has 0 saturated heterocycles. The van der Waals surface area contributed by atoms with Crippen LogP contribution in [-0.2, 0) is 19.6 Å². The molecule has 0 aliphatic rings. The first kappa shape index (κ1) is 21.6. The van der Waals surface area contributed by atoms with E-state index in [0.717, 1.165) is 9.87 Å². The number of carbonyl (C=O) groups is 2. The molecule has 0 atom stereocenters. The van der Waals surface area contributed by atoms with Gasteiger partial charge in [0.2, 0.25) is 21.8 Å². The standard InChI is InChI=1S/C20H25N3O4S/c1-14(2)18-7-5-6-8-19(18)22-20(25)13-23(4)28(26,27)17-11-9-16(10-12-17)21-15(3)24/h5-12,14H,13H2,1-4H3,(H,21,24)(H,22,25). The molecule has 0 spiro atoms. The molecule has 7 nitrogen and oxygen atoms in total. The minimum Gasteiger partial charge on any atom is -0.326 e. The van der Waals surface area contributed by atoms with E-state index < -0.39 is 15.9 Å². The molecule has 0 saturated carbocycles.